The molecule has 11 N–H and O–H groups in total. The van der Waals surface area contributed by atoms with E-state index >= 15 is 0 Å². The van der Waals surface area contributed by atoms with Gasteiger partial charge in [-0.3, -0.25) is 19.2 Å². The molecule has 0 heterocycles. The van der Waals surface area contributed by atoms with Crippen LogP contribution in [0.4, 0.5) is 0 Å². The molecule has 0 fully saturated rings. The molecule has 13 heteroatoms. The molecule has 184 valence electrons. The highest BCUT2D eigenvalue weighted by Crippen LogP contribution is 2.07. The normalized spacial score (nSPS) is 15.7. The van der Waals surface area contributed by atoms with Crippen molar-refractivity contribution in [3.8, 4) is 0 Å². The fourth-order valence-electron chi connectivity index (χ4n) is 2.76. The van der Waals surface area contributed by atoms with Gasteiger partial charge in [-0.1, -0.05) is 13.8 Å². The second-order valence-electron chi connectivity index (χ2n) is 7.92. The summed E-state index contributed by atoms with van der Waals surface area (Å²) < 4.78 is 0. The quantitative estimate of drug-likeness (QED) is 0.115. The van der Waals surface area contributed by atoms with Crippen LogP contribution in [-0.2, 0) is 24.0 Å². The van der Waals surface area contributed by atoms with Crippen LogP contribution < -0.4 is 33.2 Å². The zero-order chi connectivity index (χ0) is 25.0. The van der Waals surface area contributed by atoms with Gasteiger partial charge in [-0.2, -0.15) is 0 Å². The summed E-state index contributed by atoms with van der Waals surface area (Å²) >= 11 is 0. The molecule has 4 amide bonds. The number of amides is 4. The number of carboxylic acid groups (broad SMARTS) is 1. The summed E-state index contributed by atoms with van der Waals surface area (Å²) in [5.74, 6) is -4.98. The lowest BCUT2D eigenvalue weighted by molar-refractivity contribution is -0.143. The maximum Gasteiger partial charge on any atom is 0.326 e. The molecule has 0 aliphatic rings. The fraction of sp³-hybridized carbons (Fsp3) is 0.737. The van der Waals surface area contributed by atoms with Gasteiger partial charge in [0, 0.05) is 0 Å². The van der Waals surface area contributed by atoms with Crippen LogP contribution in [0.15, 0.2) is 0 Å². The van der Waals surface area contributed by atoms with Gasteiger partial charge in [0.15, 0.2) is 0 Å². The summed E-state index contributed by atoms with van der Waals surface area (Å²) in [5, 5.41) is 26.3. The minimum Gasteiger partial charge on any atom is -0.480 e. The van der Waals surface area contributed by atoms with E-state index in [4.69, 9.17) is 17.2 Å². The van der Waals surface area contributed by atoms with Crippen molar-refractivity contribution in [1.82, 2.24) is 16.0 Å². The van der Waals surface area contributed by atoms with Crippen molar-refractivity contribution < 1.29 is 34.2 Å². The molecule has 5 atom stereocenters. The van der Waals surface area contributed by atoms with Crippen molar-refractivity contribution in [2.75, 3.05) is 6.54 Å². The summed E-state index contributed by atoms with van der Waals surface area (Å²) in [4.78, 5) is 59.8. The van der Waals surface area contributed by atoms with Crippen molar-refractivity contribution in [3.63, 3.8) is 0 Å². The Balaban J connectivity index is 5.30. The van der Waals surface area contributed by atoms with Gasteiger partial charge in [-0.15, -0.1) is 0 Å². The number of aliphatic hydroxyl groups excluding tert-OH is 1. The van der Waals surface area contributed by atoms with Gasteiger partial charge < -0.3 is 43.4 Å². The summed E-state index contributed by atoms with van der Waals surface area (Å²) in [6, 6.07) is -5.10. The number of hydrogen-bond donors (Lipinski definition) is 8. The van der Waals surface area contributed by atoms with Gasteiger partial charge in [0.05, 0.1) is 18.6 Å². The summed E-state index contributed by atoms with van der Waals surface area (Å²) in [6.07, 6.45) is -0.566. The summed E-state index contributed by atoms with van der Waals surface area (Å²) in [5.41, 5.74) is 15.9. The highest BCUT2D eigenvalue weighted by atomic mass is 16.4. The molecule has 0 saturated carbocycles. The average molecular weight is 461 g/mol. The third-order valence-corrected chi connectivity index (χ3v) is 4.63. The Bertz CT molecular complexity index is 671. The second-order valence-corrected chi connectivity index (χ2v) is 7.92. The van der Waals surface area contributed by atoms with Crippen LogP contribution in [0.3, 0.4) is 0 Å². The van der Waals surface area contributed by atoms with Gasteiger partial charge in [0.1, 0.15) is 18.1 Å². The number of nitrogens with one attached hydrogen (secondary N) is 3. The number of aliphatic carboxylic acids is 1. The molecule has 13 nitrogen and oxygen atoms in total. The molecule has 0 spiro atoms. The molecule has 0 saturated heterocycles. The van der Waals surface area contributed by atoms with E-state index in [0.29, 0.717) is 19.4 Å². The van der Waals surface area contributed by atoms with Crippen LogP contribution in [-0.4, -0.2) is 76.6 Å². The molecule has 0 aromatic rings. The zero-order valence-corrected chi connectivity index (χ0v) is 18.7. The molecule has 0 aromatic heterocycles. The van der Waals surface area contributed by atoms with Crippen LogP contribution in [0.1, 0.15) is 46.5 Å². The molecule has 0 bridgehead atoms. The van der Waals surface area contributed by atoms with E-state index in [-0.39, 0.29) is 6.42 Å². The van der Waals surface area contributed by atoms with Crippen molar-refractivity contribution >= 4 is 29.6 Å². The maximum atomic E-state index is 12.7. The molecule has 0 aliphatic carbocycles. The molecular weight excluding hydrogens is 424 g/mol. The number of carbonyl (C=O) groups is 5. The highest BCUT2D eigenvalue weighted by Gasteiger charge is 2.33. The first-order valence-electron chi connectivity index (χ1n) is 10.4. The summed E-state index contributed by atoms with van der Waals surface area (Å²) in [6.45, 7) is 4.90. The number of carbonyl (C=O) groups excluding carboxylic acids is 4. The number of aliphatic hydroxyl groups is 1. The number of primary amides is 1. The second kappa shape index (κ2) is 14.3. The van der Waals surface area contributed by atoms with Crippen LogP contribution in [0.2, 0.25) is 0 Å². The Kier molecular flexibility index (Phi) is 13.1. The Morgan fingerprint density at radius 2 is 1.41 bits per heavy atom. The Hall–Kier alpha value is -2.77. The van der Waals surface area contributed by atoms with Crippen molar-refractivity contribution in [3.05, 3.63) is 0 Å². The highest BCUT2D eigenvalue weighted by molar-refractivity contribution is 5.95. The third-order valence-electron chi connectivity index (χ3n) is 4.63. The lowest BCUT2D eigenvalue weighted by atomic mass is 10.0. The first-order valence-corrected chi connectivity index (χ1v) is 10.4. The Morgan fingerprint density at radius 1 is 0.875 bits per heavy atom. The van der Waals surface area contributed by atoms with Gasteiger partial charge in [-0.25, -0.2) is 4.79 Å². The van der Waals surface area contributed by atoms with E-state index in [1.54, 1.807) is 13.8 Å². The van der Waals surface area contributed by atoms with E-state index in [1.807, 2.05) is 0 Å². The molecule has 0 rings (SSSR count). The fourth-order valence-corrected chi connectivity index (χ4v) is 2.76. The topological polar surface area (TPSA) is 240 Å². The molecule has 0 aromatic carbocycles. The van der Waals surface area contributed by atoms with Crippen molar-refractivity contribution in [2.45, 2.75) is 76.7 Å². The Morgan fingerprint density at radius 3 is 1.84 bits per heavy atom. The number of hydrogen-bond acceptors (Lipinski definition) is 8. The maximum absolute atomic E-state index is 12.7. The van der Waals surface area contributed by atoms with Crippen LogP contribution >= 0.6 is 0 Å². The number of unbranched alkanes of at least 4 members (excludes halogenated alkanes) is 1. The first-order chi connectivity index (χ1) is 14.8. The van der Waals surface area contributed by atoms with Crippen LogP contribution in [0.25, 0.3) is 0 Å². The Labute approximate surface area is 186 Å². The predicted octanol–water partition coefficient (Wildman–Crippen LogP) is -3.11. The number of nitrogens with two attached hydrogens (primary N) is 3. The van der Waals surface area contributed by atoms with E-state index in [9.17, 15) is 34.2 Å². The number of rotatable bonds is 15. The van der Waals surface area contributed by atoms with Crippen molar-refractivity contribution in [1.29, 1.82) is 0 Å². The van der Waals surface area contributed by atoms with E-state index in [0.717, 1.165) is 0 Å². The van der Waals surface area contributed by atoms with Gasteiger partial charge in [0.2, 0.25) is 23.6 Å². The SMILES string of the molecule is CC(C)C(NC(=O)C(NC(=O)C(N)CC(N)=O)C(C)O)C(=O)NC(CCCCN)C(=O)O. The smallest absolute Gasteiger partial charge is 0.326 e. The monoisotopic (exact) mass is 460 g/mol. The lowest BCUT2D eigenvalue weighted by Gasteiger charge is -2.28. The molecule has 0 aliphatic heterocycles. The van der Waals surface area contributed by atoms with E-state index in [2.05, 4.69) is 16.0 Å². The lowest BCUT2D eigenvalue weighted by Crippen LogP contribution is -2.60. The first kappa shape index (κ1) is 29.2. The number of carboxylic acids is 1. The van der Waals surface area contributed by atoms with Gasteiger partial charge in [0.25, 0.3) is 0 Å². The van der Waals surface area contributed by atoms with Gasteiger partial charge >= 0.3 is 5.97 Å². The van der Waals surface area contributed by atoms with Crippen LogP contribution in [0.5, 0.6) is 0 Å². The average Bonchev–Trinajstić information content (AvgIpc) is 2.67. The zero-order valence-electron chi connectivity index (χ0n) is 18.7. The predicted molar refractivity (Wildman–Crippen MR) is 115 cm³/mol. The largest absolute Gasteiger partial charge is 0.480 e. The molecule has 5 unspecified atom stereocenters. The molecule has 0 radical (unpaired) electrons. The standard InChI is InChI=1S/C19H36N6O7/c1-9(2)14(17(29)23-12(19(31)32)6-4-5-7-20)24-18(30)15(10(3)26)25-16(28)11(21)8-13(22)27/h9-12,14-15,26H,4-8,20-21H2,1-3H3,(H2,22,27)(H,23,29)(H,24,30)(H,25,28)(H,31,32). The molecule has 32 heavy (non-hydrogen) atoms. The van der Waals surface area contributed by atoms with E-state index < -0.39 is 72.2 Å². The van der Waals surface area contributed by atoms with E-state index in [1.165, 1.54) is 6.92 Å². The third kappa shape index (κ3) is 10.5. The molecular formula is C19H36N6O7. The van der Waals surface area contributed by atoms with Crippen molar-refractivity contribution in [2.24, 2.45) is 23.1 Å². The van der Waals surface area contributed by atoms with Gasteiger partial charge in [-0.05, 0) is 38.6 Å². The summed E-state index contributed by atoms with van der Waals surface area (Å²) in [7, 11) is 0. The van der Waals surface area contributed by atoms with Crippen LogP contribution in [0, 0.1) is 5.92 Å². The minimum atomic E-state index is -1.48. The minimum absolute atomic E-state index is 0.168.